The monoisotopic (exact) mass is 288 g/mol. The molecule has 0 saturated carbocycles. The zero-order chi connectivity index (χ0) is 14.5. The zero-order valence-electron chi connectivity index (χ0n) is 12.0. The van der Waals surface area contributed by atoms with Crippen LogP contribution in [0.3, 0.4) is 0 Å². The van der Waals surface area contributed by atoms with Crippen LogP contribution >= 0.6 is 0 Å². The van der Waals surface area contributed by atoms with Crippen molar-refractivity contribution in [3.05, 3.63) is 59.9 Å². The largest absolute Gasteiger partial charge is 0.260 e. The van der Waals surface area contributed by atoms with Crippen LogP contribution in [0.15, 0.2) is 53.6 Å². The van der Waals surface area contributed by atoms with Crippen LogP contribution in [-0.2, 0) is 11.0 Å². The molecule has 1 heterocycles. The molecule has 1 unspecified atom stereocenters. The quantitative estimate of drug-likeness (QED) is 0.916. The van der Waals surface area contributed by atoms with Gasteiger partial charge >= 0.3 is 0 Å². The lowest BCUT2D eigenvalue weighted by Crippen LogP contribution is -2.28. The van der Waals surface area contributed by atoms with Crippen LogP contribution in [0.1, 0.15) is 31.1 Å². The summed E-state index contributed by atoms with van der Waals surface area (Å²) in [6, 6.07) is 13.5. The van der Waals surface area contributed by atoms with E-state index in [0.717, 1.165) is 16.2 Å². The minimum Gasteiger partial charge on any atom is -0.260 e. The van der Waals surface area contributed by atoms with Gasteiger partial charge in [0.1, 0.15) is 11.0 Å². The summed E-state index contributed by atoms with van der Waals surface area (Å²) in [5, 5.41) is 0. The molecule has 4 heteroatoms. The number of pyridine rings is 1. The lowest BCUT2D eigenvalue weighted by atomic mass is 10.0. The van der Waals surface area contributed by atoms with Gasteiger partial charge in [0, 0.05) is 6.20 Å². The van der Waals surface area contributed by atoms with E-state index in [0.29, 0.717) is 5.92 Å². The first-order valence-electron chi connectivity index (χ1n) is 6.73. The summed E-state index contributed by atoms with van der Waals surface area (Å²) in [4.78, 5) is 5.15. The van der Waals surface area contributed by atoms with Crippen molar-refractivity contribution in [1.29, 1.82) is 0 Å². The molecule has 0 aliphatic carbocycles. The lowest BCUT2D eigenvalue weighted by molar-refractivity contribution is 0.468. The molecule has 0 aliphatic heterocycles. The molecule has 20 heavy (non-hydrogen) atoms. The van der Waals surface area contributed by atoms with E-state index in [-0.39, 0.29) is 6.04 Å². The van der Waals surface area contributed by atoms with Crippen molar-refractivity contribution in [3.8, 4) is 0 Å². The van der Waals surface area contributed by atoms with Gasteiger partial charge in [-0.05, 0) is 37.1 Å². The SMILES string of the molecule is Cc1ccc(S(=O)N[C@@H](c2ccccn2)C(C)C)cc1. The molecule has 1 aromatic heterocycles. The second-order valence-electron chi connectivity index (χ2n) is 5.18. The van der Waals surface area contributed by atoms with Crippen LogP contribution in [0.5, 0.6) is 0 Å². The van der Waals surface area contributed by atoms with Gasteiger partial charge in [0.15, 0.2) is 0 Å². The molecule has 2 aromatic rings. The molecule has 0 bridgehead atoms. The minimum absolute atomic E-state index is 0.0293. The number of benzene rings is 1. The Morgan fingerprint density at radius 1 is 1.10 bits per heavy atom. The van der Waals surface area contributed by atoms with Crippen LogP contribution in [0, 0.1) is 12.8 Å². The number of aromatic nitrogens is 1. The van der Waals surface area contributed by atoms with Gasteiger partial charge in [-0.25, -0.2) is 8.93 Å². The van der Waals surface area contributed by atoms with Crippen LogP contribution in [0.25, 0.3) is 0 Å². The number of hydrogen-bond donors (Lipinski definition) is 1. The third-order valence-corrected chi connectivity index (χ3v) is 4.31. The Labute approximate surface area is 123 Å². The van der Waals surface area contributed by atoms with Crippen LogP contribution in [0.4, 0.5) is 0 Å². The van der Waals surface area contributed by atoms with Crippen molar-refractivity contribution in [3.63, 3.8) is 0 Å². The van der Waals surface area contributed by atoms with Crippen molar-refractivity contribution in [2.45, 2.75) is 31.7 Å². The molecule has 0 aliphatic rings. The van der Waals surface area contributed by atoms with Gasteiger partial charge in [-0.1, -0.05) is 37.6 Å². The molecule has 106 valence electrons. The summed E-state index contributed by atoms with van der Waals surface area (Å²) in [7, 11) is -1.23. The second kappa shape index (κ2) is 6.77. The molecule has 0 radical (unpaired) electrons. The van der Waals surface area contributed by atoms with Crippen LogP contribution in [0.2, 0.25) is 0 Å². The standard InChI is InChI=1S/C16H20N2OS/c1-12(2)16(15-6-4-5-11-17-15)18-20(19)14-9-7-13(3)8-10-14/h4-12,16,18H,1-3H3/t16-,20?/m1/s1. The van der Waals surface area contributed by atoms with E-state index in [1.807, 2.05) is 49.4 Å². The maximum atomic E-state index is 12.4. The van der Waals surface area contributed by atoms with Crippen LogP contribution < -0.4 is 4.72 Å². The fourth-order valence-electron chi connectivity index (χ4n) is 1.94. The third kappa shape index (κ3) is 3.74. The molecule has 1 N–H and O–H groups in total. The fourth-order valence-corrected chi connectivity index (χ4v) is 3.09. The molecular weight excluding hydrogens is 268 g/mol. The number of rotatable bonds is 5. The summed E-state index contributed by atoms with van der Waals surface area (Å²) >= 11 is 0. The number of nitrogens with zero attached hydrogens (tertiary/aromatic N) is 1. The Morgan fingerprint density at radius 2 is 1.80 bits per heavy atom. The minimum atomic E-state index is -1.23. The Kier molecular flexibility index (Phi) is 5.04. The predicted molar refractivity (Wildman–Crippen MR) is 82.5 cm³/mol. The van der Waals surface area contributed by atoms with E-state index in [1.165, 1.54) is 0 Å². The van der Waals surface area contributed by atoms with Gasteiger partial charge in [-0.15, -0.1) is 0 Å². The van der Waals surface area contributed by atoms with E-state index in [4.69, 9.17) is 0 Å². The lowest BCUT2D eigenvalue weighted by Gasteiger charge is -2.21. The molecule has 0 fully saturated rings. The average molecular weight is 288 g/mol. The number of nitrogens with one attached hydrogen (secondary N) is 1. The first kappa shape index (κ1) is 14.9. The summed E-state index contributed by atoms with van der Waals surface area (Å²) in [5.41, 5.74) is 2.08. The number of hydrogen-bond acceptors (Lipinski definition) is 2. The van der Waals surface area contributed by atoms with Crippen molar-refractivity contribution in [2.75, 3.05) is 0 Å². The average Bonchev–Trinajstić information content (AvgIpc) is 2.46. The normalized spacial score (nSPS) is 14.2. The molecule has 0 saturated heterocycles. The predicted octanol–water partition coefficient (Wildman–Crippen LogP) is 3.40. The van der Waals surface area contributed by atoms with Gasteiger partial charge < -0.3 is 0 Å². The summed E-state index contributed by atoms with van der Waals surface area (Å²) in [5.74, 6) is 0.305. The second-order valence-corrected chi connectivity index (χ2v) is 6.42. The van der Waals surface area contributed by atoms with E-state index in [1.54, 1.807) is 6.20 Å². The van der Waals surface area contributed by atoms with Crippen LogP contribution in [-0.4, -0.2) is 9.19 Å². The van der Waals surface area contributed by atoms with E-state index >= 15 is 0 Å². The van der Waals surface area contributed by atoms with Gasteiger partial charge in [0.05, 0.1) is 16.6 Å². The molecular formula is C16H20N2OS. The summed E-state index contributed by atoms with van der Waals surface area (Å²) < 4.78 is 15.6. The highest BCUT2D eigenvalue weighted by molar-refractivity contribution is 7.83. The fraction of sp³-hybridized carbons (Fsp3) is 0.312. The van der Waals surface area contributed by atoms with Crippen molar-refractivity contribution >= 4 is 11.0 Å². The Bertz CT molecular complexity index is 567. The van der Waals surface area contributed by atoms with Gasteiger partial charge in [-0.2, -0.15) is 0 Å². The molecule has 2 rings (SSSR count). The van der Waals surface area contributed by atoms with Gasteiger partial charge in [-0.3, -0.25) is 4.98 Å². The summed E-state index contributed by atoms with van der Waals surface area (Å²) in [6.45, 7) is 6.21. The third-order valence-electron chi connectivity index (χ3n) is 3.14. The highest BCUT2D eigenvalue weighted by Gasteiger charge is 2.19. The van der Waals surface area contributed by atoms with Crippen molar-refractivity contribution in [1.82, 2.24) is 9.71 Å². The Balaban J connectivity index is 2.17. The number of aryl methyl sites for hydroxylation is 1. The molecule has 0 spiro atoms. The maximum Gasteiger partial charge on any atom is 0.125 e. The highest BCUT2D eigenvalue weighted by atomic mass is 32.2. The zero-order valence-corrected chi connectivity index (χ0v) is 12.9. The van der Waals surface area contributed by atoms with Gasteiger partial charge in [0.25, 0.3) is 0 Å². The van der Waals surface area contributed by atoms with Crippen molar-refractivity contribution in [2.24, 2.45) is 5.92 Å². The molecule has 1 aromatic carbocycles. The first-order valence-corrected chi connectivity index (χ1v) is 7.88. The molecule has 2 atom stereocenters. The van der Waals surface area contributed by atoms with E-state index in [2.05, 4.69) is 23.6 Å². The van der Waals surface area contributed by atoms with E-state index < -0.39 is 11.0 Å². The smallest absolute Gasteiger partial charge is 0.125 e. The maximum absolute atomic E-state index is 12.4. The Morgan fingerprint density at radius 3 is 2.35 bits per heavy atom. The molecule has 0 amide bonds. The first-order chi connectivity index (χ1) is 9.58. The Hall–Kier alpha value is -1.52. The van der Waals surface area contributed by atoms with Crippen molar-refractivity contribution < 1.29 is 4.21 Å². The topological polar surface area (TPSA) is 42.0 Å². The highest BCUT2D eigenvalue weighted by Crippen LogP contribution is 2.21. The molecule has 3 nitrogen and oxygen atoms in total. The van der Waals surface area contributed by atoms with E-state index in [9.17, 15) is 4.21 Å². The van der Waals surface area contributed by atoms with Gasteiger partial charge in [0.2, 0.25) is 0 Å². The summed E-state index contributed by atoms with van der Waals surface area (Å²) in [6.07, 6.45) is 1.77.